The second-order valence-electron chi connectivity index (χ2n) is 6.11. The van der Waals surface area contributed by atoms with Crippen LogP contribution >= 0.6 is 0 Å². The fourth-order valence-corrected chi connectivity index (χ4v) is 2.79. The Labute approximate surface area is 155 Å². The second-order valence-corrected chi connectivity index (χ2v) is 6.11. The van der Waals surface area contributed by atoms with Crippen LogP contribution < -0.4 is 19.5 Å². The zero-order chi connectivity index (χ0) is 19.1. The Bertz CT molecular complexity index is 745. The van der Waals surface area contributed by atoms with Gasteiger partial charge in [-0.3, -0.25) is 4.79 Å². The Kier molecular flexibility index (Phi) is 6.89. The summed E-state index contributed by atoms with van der Waals surface area (Å²) < 4.78 is 16.3. The first-order chi connectivity index (χ1) is 12.5. The minimum atomic E-state index is -0.639. The van der Waals surface area contributed by atoms with Crippen LogP contribution in [0.3, 0.4) is 0 Å². The summed E-state index contributed by atoms with van der Waals surface area (Å²) in [5, 5.41) is 3.06. The normalized spacial score (nSPS) is 12.8. The third kappa shape index (κ3) is 4.69. The Balaban J connectivity index is 2.07. The first-order valence-corrected chi connectivity index (χ1v) is 8.74. The first-order valence-electron chi connectivity index (χ1n) is 8.74. The molecule has 2 aromatic rings. The fraction of sp³-hybridized carbons (Fsp3) is 0.381. The first kappa shape index (κ1) is 19.6. The van der Waals surface area contributed by atoms with E-state index >= 15 is 0 Å². The number of methoxy groups -OCH3 is 2. The molecule has 0 saturated heterocycles. The summed E-state index contributed by atoms with van der Waals surface area (Å²) in [4.78, 5) is 12.6. The molecule has 0 aliphatic carbocycles. The summed E-state index contributed by atoms with van der Waals surface area (Å²) >= 11 is 0. The minimum absolute atomic E-state index is 0.0872. The van der Waals surface area contributed by atoms with Crippen molar-refractivity contribution < 1.29 is 19.0 Å². The molecule has 0 spiro atoms. The molecule has 1 N–H and O–H groups in total. The molecule has 0 bridgehead atoms. The maximum absolute atomic E-state index is 12.6. The van der Waals surface area contributed by atoms with E-state index in [1.165, 1.54) is 0 Å². The van der Waals surface area contributed by atoms with Gasteiger partial charge < -0.3 is 19.5 Å². The minimum Gasteiger partial charge on any atom is -0.496 e. The van der Waals surface area contributed by atoms with Gasteiger partial charge in [-0.05, 0) is 49.6 Å². The fourth-order valence-electron chi connectivity index (χ4n) is 2.79. The van der Waals surface area contributed by atoms with Gasteiger partial charge in [0, 0.05) is 0 Å². The number of para-hydroxylation sites is 2. The molecule has 0 radical (unpaired) electrons. The third-order valence-electron chi connectivity index (χ3n) is 4.29. The van der Waals surface area contributed by atoms with Crippen LogP contribution in [0.1, 0.15) is 37.4 Å². The second kappa shape index (κ2) is 9.13. The zero-order valence-corrected chi connectivity index (χ0v) is 16.0. The van der Waals surface area contributed by atoms with Crippen LogP contribution in [-0.2, 0) is 4.79 Å². The lowest BCUT2D eigenvalue weighted by atomic mass is 10.0. The number of ether oxygens (including phenoxy) is 3. The quantitative estimate of drug-likeness (QED) is 0.774. The highest BCUT2D eigenvalue weighted by atomic mass is 16.5. The van der Waals surface area contributed by atoms with E-state index in [0.717, 1.165) is 23.3 Å². The van der Waals surface area contributed by atoms with E-state index in [1.54, 1.807) is 33.3 Å². The molecule has 0 aromatic heterocycles. The molecular formula is C21H27NO4. The number of amides is 1. The highest BCUT2D eigenvalue weighted by Gasteiger charge is 2.21. The van der Waals surface area contributed by atoms with Crippen LogP contribution in [0.25, 0.3) is 0 Å². The molecule has 2 atom stereocenters. The van der Waals surface area contributed by atoms with Gasteiger partial charge in [-0.1, -0.05) is 31.2 Å². The predicted octanol–water partition coefficient (Wildman–Crippen LogP) is 4.05. The van der Waals surface area contributed by atoms with Gasteiger partial charge in [0.1, 0.15) is 5.75 Å². The average molecular weight is 357 g/mol. The van der Waals surface area contributed by atoms with Gasteiger partial charge in [-0.2, -0.15) is 0 Å². The van der Waals surface area contributed by atoms with Crippen molar-refractivity contribution in [3.05, 3.63) is 53.6 Å². The standard InChI is InChI=1S/C21H27NO4/c1-6-17(16-11-12-18(24-4)14(2)13-16)22-21(23)15(3)26-20-10-8-7-9-19(20)25-5/h7-13,15,17H,6H2,1-5H3,(H,22,23)/t15-,17+/m0/s1. The molecule has 0 aliphatic heterocycles. The maximum Gasteiger partial charge on any atom is 0.261 e. The molecule has 5 heteroatoms. The smallest absolute Gasteiger partial charge is 0.261 e. The number of hydrogen-bond acceptors (Lipinski definition) is 4. The van der Waals surface area contributed by atoms with E-state index in [-0.39, 0.29) is 11.9 Å². The molecule has 1 amide bonds. The lowest BCUT2D eigenvalue weighted by Crippen LogP contribution is -2.38. The van der Waals surface area contributed by atoms with Crippen molar-refractivity contribution in [2.45, 2.75) is 39.3 Å². The molecule has 0 saturated carbocycles. The van der Waals surface area contributed by atoms with Crippen molar-refractivity contribution in [1.29, 1.82) is 0 Å². The molecule has 140 valence electrons. The Hall–Kier alpha value is -2.69. The van der Waals surface area contributed by atoms with E-state index in [4.69, 9.17) is 14.2 Å². The number of carbonyl (C=O) groups is 1. The Morgan fingerprint density at radius 1 is 1.04 bits per heavy atom. The van der Waals surface area contributed by atoms with Gasteiger partial charge in [-0.25, -0.2) is 0 Å². The van der Waals surface area contributed by atoms with Crippen molar-refractivity contribution in [1.82, 2.24) is 5.32 Å². The average Bonchev–Trinajstić information content (AvgIpc) is 2.66. The summed E-state index contributed by atoms with van der Waals surface area (Å²) in [5.41, 5.74) is 2.08. The lowest BCUT2D eigenvalue weighted by Gasteiger charge is -2.22. The third-order valence-corrected chi connectivity index (χ3v) is 4.29. The van der Waals surface area contributed by atoms with Crippen molar-refractivity contribution in [2.24, 2.45) is 0 Å². The summed E-state index contributed by atoms with van der Waals surface area (Å²) in [6, 6.07) is 13.1. The zero-order valence-electron chi connectivity index (χ0n) is 16.0. The van der Waals surface area contributed by atoms with Crippen LogP contribution in [0.4, 0.5) is 0 Å². The molecule has 5 nitrogen and oxygen atoms in total. The monoisotopic (exact) mass is 357 g/mol. The Morgan fingerprint density at radius 3 is 2.27 bits per heavy atom. The van der Waals surface area contributed by atoms with Crippen LogP contribution in [0.15, 0.2) is 42.5 Å². The lowest BCUT2D eigenvalue weighted by molar-refractivity contribution is -0.128. The van der Waals surface area contributed by atoms with E-state index < -0.39 is 6.10 Å². The Morgan fingerprint density at radius 2 is 1.69 bits per heavy atom. The molecule has 2 aromatic carbocycles. The maximum atomic E-state index is 12.6. The summed E-state index contributed by atoms with van der Waals surface area (Å²) in [6.45, 7) is 5.76. The van der Waals surface area contributed by atoms with Crippen LogP contribution in [0.2, 0.25) is 0 Å². The van der Waals surface area contributed by atoms with E-state index in [9.17, 15) is 4.79 Å². The molecule has 0 aliphatic rings. The van der Waals surface area contributed by atoms with Crippen LogP contribution in [0.5, 0.6) is 17.2 Å². The summed E-state index contributed by atoms with van der Waals surface area (Å²) in [5.74, 6) is 1.81. The van der Waals surface area contributed by atoms with Gasteiger partial charge in [0.15, 0.2) is 17.6 Å². The molecule has 0 unspecified atom stereocenters. The van der Waals surface area contributed by atoms with Gasteiger partial charge in [-0.15, -0.1) is 0 Å². The van der Waals surface area contributed by atoms with Crippen LogP contribution in [-0.4, -0.2) is 26.2 Å². The van der Waals surface area contributed by atoms with Gasteiger partial charge in [0.25, 0.3) is 5.91 Å². The number of carbonyl (C=O) groups excluding carboxylic acids is 1. The van der Waals surface area contributed by atoms with Crippen molar-refractivity contribution in [3.63, 3.8) is 0 Å². The highest BCUT2D eigenvalue weighted by molar-refractivity contribution is 5.81. The van der Waals surface area contributed by atoms with Crippen molar-refractivity contribution in [3.8, 4) is 17.2 Å². The number of rotatable bonds is 8. The molecule has 26 heavy (non-hydrogen) atoms. The molecular weight excluding hydrogens is 330 g/mol. The summed E-state index contributed by atoms with van der Waals surface area (Å²) in [7, 11) is 3.23. The molecule has 0 fully saturated rings. The van der Waals surface area contributed by atoms with E-state index in [1.807, 2.05) is 44.2 Å². The highest BCUT2D eigenvalue weighted by Crippen LogP contribution is 2.27. The van der Waals surface area contributed by atoms with Gasteiger partial charge in [0.2, 0.25) is 0 Å². The molecule has 0 heterocycles. The number of benzene rings is 2. The van der Waals surface area contributed by atoms with Crippen molar-refractivity contribution in [2.75, 3.05) is 14.2 Å². The SMILES string of the molecule is CC[C@@H](NC(=O)[C@H](C)Oc1ccccc1OC)c1ccc(OC)c(C)c1. The van der Waals surface area contributed by atoms with Gasteiger partial charge in [0.05, 0.1) is 20.3 Å². The topological polar surface area (TPSA) is 56.8 Å². The molecule has 2 rings (SSSR count). The largest absolute Gasteiger partial charge is 0.496 e. The van der Waals surface area contributed by atoms with E-state index in [2.05, 4.69) is 5.32 Å². The predicted molar refractivity (Wildman–Crippen MR) is 102 cm³/mol. The number of hydrogen-bond donors (Lipinski definition) is 1. The van der Waals surface area contributed by atoms with Crippen molar-refractivity contribution >= 4 is 5.91 Å². The number of aryl methyl sites for hydroxylation is 1. The number of nitrogens with one attached hydrogen (secondary N) is 1. The van der Waals surface area contributed by atoms with E-state index in [0.29, 0.717) is 11.5 Å². The van der Waals surface area contributed by atoms with Crippen LogP contribution in [0, 0.1) is 6.92 Å². The van der Waals surface area contributed by atoms with Gasteiger partial charge >= 0.3 is 0 Å². The summed E-state index contributed by atoms with van der Waals surface area (Å²) in [6.07, 6.45) is 0.138.